The Hall–Kier alpha value is -1.90. The van der Waals surface area contributed by atoms with Crippen molar-refractivity contribution in [3.8, 4) is 5.75 Å². The molecular weight excluding hydrogens is 291 g/mol. The number of aromatic nitrogens is 1. The highest BCUT2D eigenvalue weighted by Gasteiger charge is 2.36. The number of ether oxygens (including phenoxy) is 1. The van der Waals surface area contributed by atoms with Crippen molar-refractivity contribution in [2.75, 3.05) is 6.61 Å². The summed E-state index contributed by atoms with van der Waals surface area (Å²) in [4.78, 5) is 13.0. The lowest BCUT2D eigenvalue weighted by Gasteiger charge is -2.23. The Kier molecular flexibility index (Phi) is 4.04. The Balaban J connectivity index is 2.24. The smallest absolute Gasteiger partial charge is 0.433 e. The van der Waals surface area contributed by atoms with E-state index in [1.54, 1.807) is 0 Å². The van der Waals surface area contributed by atoms with Crippen molar-refractivity contribution in [1.82, 2.24) is 4.98 Å². The van der Waals surface area contributed by atoms with Crippen molar-refractivity contribution >= 4 is 5.69 Å². The first-order chi connectivity index (χ1) is 9.71. The lowest BCUT2D eigenvalue weighted by atomic mass is 10.0. The van der Waals surface area contributed by atoms with Crippen molar-refractivity contribution in [3.05, 3.63) is 28.1 Å². The number of halogens is 3. The van der Waals surface area contributed by atoms with E-state index < -0.39 is 33.8 Å². The molecule has 1 aliphatic rings. The van der Waals surface area contributed by atoms with Gasteiger partial charge in [0.2, 0.25) is 5.75 Å². The van der Waals surface area contributed by atoms with Gasteiger partial charge in [0.05, 0.1) is 10.5 Å². The molecule has 0 unspecified atom stereocenters. The monoisotopic (exact) mass is 305 g/mol. The fourth-order valence-electron chi connectivity index (χ4n) is 2.28. The molecule has 0 bridgehead atoms. The molecule has 9 heteroatoms. The van der Waals surface area contributed by atoms with Gasteiger partial charge < -0.3 is 10.5 Å². The molecule has 0 amide bonds. The molecule has 21 heavy (non-hydrogen) atoms. The summed E-state index contributed by atoms with van der Waals surface area (Å²) in [6, 6.07) is 0.538. The average Bonchev–Trinajstić information content (AvgIpc) is 2.82. The van der Waals surface area contributed by atoms with E-state index in [2.05, 4.69) is 4.98 Å². The van der Waals surface area contributed by atoms with Gasteiger partial charge in [-0.1, -0.05) is 12.8 Å². The number of hydrogen-bond acceptors (Lipinski definition) is 5. The summed E-state index contributed by atoms with van der Waals surface area (Å²) in [6.07, 6.45) is -0.967. The van der Waals surface area contributed by atoms with Crippen LogP contribution in [0.25, 0.3) is 0 Å². The number of alkyl halides is 3. The standard InChI is InChI=1S/C12H14F3N3O3/c13-12(14,15)10-5-9(8(6-17-10)18(19)20)21-7-11(16)3-1-2-4-11/h5-6H,1-4,7,16H2. The van der Waals surface area contributed by atoms with Gasteiger partial charge in [0.15, 0.2) is 0 Å². The fourth-order valence-corrected chi connectivity index (χ4v) is 2.28. The first-order valence-electron chi connectivity index (χ1n) is 6.35. The highest BCUT2D eigenvalue weighted by Crippen LogP contribution is 2.35. The van der Waals surface area contributed by atoms with Gasteiger partial charge in [0, 0.05) is 6.07 Å². The van der Waals surface area contributed by atoms with Gasteiger partial charge in [-0.15, -0.1) is 0 Å². The highest BCUT2D eigenvalue weighted by molar-refractivity contribution is 5.45. The summed E-state index contributed by atoms with van der Waals surface area (Å²) in [6.45, 7) is -0.0604. The second-order valence-corrected chi connectivity index (χ2v) is 5.15. The molecular formula is C12H14F3N3O3. The van der Waals surface area contributed by atoms with Crippen LogP contribution < -0.4 is 10.5 Å². The summed E-state index contributed by atoms with van der Waals surface area (Å²) < 4.78 is 43.0. The quantitative estimate of drug-likeness (QED) is 0.682. The second kappa shape index (κ2) is 5.47. The molecule has 0 radical (unpaired) electrons. The van der Waals surface area contributed by atoms with Gasteiger partial charge in [-0.3, -0.25) is 10.1 Å². The Bertz CT molecular complexity index is 542. The summed E-state index contributed by atoms with van der Waals surface area (Å²) in [7, 11) is 0. The van der Waals surface area contributed by atoms with Crippen molar-refractivity contribution in [2.24, 2.45) is 5.73 Å². The lowest BCUT2D eigenvalue weighted by molar-refractivity contribution is -0.386. The summed E-state index contributed by atoms with van der Waals surface area (Å²) in [5, 5.41) is 10.8. The van der Waals surface area contributed by atoms with Gasteiger partial charge in [-0.2, -0.15) is 13.2 Å². The molecule has 1 aliphatic carbocycles. The van der Waals surface area contributed by atoms with Crippen LogP contribution in [0.2, 0.25) is 0 Å². The third-order valence-corrected chi connectivity index (χ3v) is 3.45. The van der Waals surface area contributed by atoms with Crippen LogP contribution in [0.4, 0.5) is 18.9 Å². The van der Waals surface area contributed by atoms with Crippen LogP contribution in [-0.4, -0.2) is 22.1 Å². The van der Waals surface area contributed by atoms with Crippen LogP contribution >= 0.6 is 0 Å². The Labute approximate surface area is 118 Å². The number of rotatable bonds is 4. The third kappa shape index (κ3) is 3.60. The normalized spacial score (nSPS) is 17.7. The number of hydrogen-bond donors (Lipinski definition) is 1. The highest BCUT2D eigenvalue weighted by atomic mass is 19.4. The van der Waals surface area contributed by atoms with Gasteiger partial charge in [0.25, 0.3) is 0 Å². The largest absolute Gasteiger partial charge is 0.485 e. The predicted octanol–water partition coefficient (Wildman–Crippen LogP) is 2.66. The SMILES string of the molecule is NC1(COc2cc(C(F)(F)F)ncc2[N+](=O)[O-])CCCC1. The maximum atomic E-state index is 12.6. The first-order valence-corrected chi connectivity index (χ1v) is 6.35. The average molecular weight is 305 g/mol. The Morgan fingerprint density at radius 2 is 2.05 bits per heavy atom. The van der Waals surface area contributed by atoms with Crippen molar-refractivity contribution < 1.29 is 22.8 Å². The Morgan fingerprint density at radius 3 is 2.57 bits per heavy atom. The summed E-state index contributed by atoms with van der Waals surface area (Å²) in [5.74, 6) is -0.459. The zero-order valence-electron chi connectivity index (χ0n) is 11.0. The zero-order chi connectivity index (χ0) is 15.7. The minimum absolute atomic E-state index is 0.0604. The number of nitrogens with two attached hydrogens (primary N) is 1. The number of pyridine rings is 1. The molecule has 2 rings (SSSR count). The van der Waals surface area contributed by atoms with E-state index in [-0.39, 0.29) is 6.61 Å². The molecule has 0 aliphatic heterocycles. The predicted molar refractivity (Wildman–Crippen MR) is 66.8 cm³/mol. The van der Waals surface area contributed by atoms with Crippen LogP contribution in [0.3, 0.4) is 0 Å². The first kappa shape index (κ1) is 15.5. The van der Waals surface area contributed by atoms with E-state index in [0.717, 1.165) is 12.8 Å². The van der Waals surface area contributed by atoms with Crippen LogP contribution in [0.15, 0.2) is 12.3 Å². The van der Waals surface area contributed by atoms with Gasteiger partial charge >= 0.3 is 11.9 Å². The van der Waals surface area contributed by atoms with E-state index in [4.69, 9.17) is 10.5 Å². The van der Waals surface area contributed by atoms with E-state index >= 15 is 0 Å². The molecule has 0 spiro atoms. The molecule has 6 nitrogen and oxygen atoms in total. The van der Waals surface area contributed by atoms with Gasteiger partial charge in [0.1, 0.15) is 18.5 Å². The van der Waals surface area contributed by atoms with E-state index in [1.807, 2.05) is 0 Å². The molecule has 116 valence electrons. The van der Waals surface area contributed by atoms with Crippen LogP contribution in [-0.2, 0) is 6.18 Å². The van der Waals surface area contributed by atoms with Crippen molar-refractivity contribution in [2.45, 2.75) is 37.4 Å². The third-order valence-electron chi connectivity index (χ3n) is 3.45. The van der Waals surface area contributed by atoms with E-state index in [9.17, 15) is 23.3 Å². The molecule has 1 aromatic heterocycles. The minimum Gasteiger partial charge on any atom is -0.485 e. The summed E-state index contributed by atoms with van der Waals surface area (Å²) >= 11 is 0. The Morgan fingerprint density at radius 1 is 1.43 bits per heavy atom. The van der Waals surface area contributed by atoms with Crippen molar-refractivity contribution in [3.63, 3.8) is 0 Å². The number of nitro groups is 1. The lowest BCUT2D eigenvalue weighted by Crippen LogP contribution is -2.42. The van der Waals surface area contributed by atoms with Crippen LogP contribution in [0.1, 0.15) is 31.4 Å². The molecule has 0 saturated heterocycles. The summed E-state index contributed by atoms with van der Waals surface area (Å²) in [5.41, 5.74) is 3.54. The maximum absolute atomic E-state index is 12.6. The molecule has 1 aromatic rings. The second-order valence-electron chi connectivity index (χ2n) is 5.15. The molecule has 0 aromatic carbocycles. The molecule has 2 N–H and O–H groups in total. The van der Waals surface area contributed by atoms with Gasteiger partial charge in [-0.05, 0) is 12.8 Å². The molecule has 1 saturated carbocycles. The van der Waals surface area contributed by atoms with E-state index in [0.29, 0.717) is 25.1 Å². The fraction of sp³-hybridized carbons (Fsp3) is 0.583. The van der Waals surface area contributed by atoms with E-state index in [1.165, 1.54) is 0 Å². The molecule has 0 atom stereocenters. The van der Waals surface area contributed by atoms with Crippen LogP contribution in [0.5, 0.6) is 5.75 Å². The topological polar surface area (TPSA) is 91.3 Å². The minimum atomic E-state index is -4.69. The number of nitrogens with zero attached hydrogens (tertiary/aromatic N) is 2. The molecule has 1 heterocycles. The molecule has 1 fully saturated rings. The maximum Gasteiger partial charge on any atom is 0.433 e. The van der Waals surface area contributed by atoms with Crippen LogP contribution in [0, 0.1) is 10.1 Å². The van der Waals surface area contributed by atoms with Gasteiger partial charge in [-0.25, -0.2) is 4.98 Å². The zero-order valence-corrected chi connectivity index (χ0v) is 11.0. The van der Waals surface area contributed by atoms with Crippen molar-refractivity contribution in [1.29, 1.82) is 0 Å².